The number of benzene rings is 1. The molecule has 1 aliphatic rings. The standard InChI is InChI=1S/C15H17NO/c1-3-10-7-8-12-11(9-10)15-13(16(12)2)5-4-6-14(15)17/h7-9H,3-6H2,1-2H3. The first-order valence-electron chi connectivity index (χ1n) is 6.35. The number of nitrogens with zero attached hydrogens (tertiary/aromatic N) is 1. The van der Waals surface area contributed by atoms with Crippen molar-refractivity contribution >= 4 is 16.7 Å². The summed E-state index contributed by atoms with van der Waals surface area (Å²) in [5.74, 6) is 0.324. The van der Waals surface area contributed by atoms with Gasteiger partial charge >= 0.3 is 0 Å². The molecule has 0 amide bonds. The number of ketones is 1. The van der Waals surface area contributed by atoms with Gasteiger partial charge in [-0.2, -0.15) is 0 Å². The van der Waals surface area contributed by atoms with E-state index in [4.69, 9.17) is 0 Å². The van der Waals surface area contributed by atoms with Crippen molar-refractivity contribution in [3.05, 3.63) is 35.0 Å². The molecular formula is C15H17NO. The molecule has 1 heterocycles. The van der Waals surface area contributed by atoms with Crippen molar-refractivity contribution in [2.24, 2.45) is 7.05 Å². The van der Waals surface area contributed by atoms with Crippen LogP contribution in [0.4, 0.5) is 0 Å². The molecule has 17 heavy (non-hydrogen) atoms. The van der Waals surface area contributed by atoms with E-state index in [9.17, 15) is 4.79 Å². The number of fused-ring (bicyclic) bond motifs is 3. The second kappa shape index (κ2) is 3.73. The number of hydrogen-bond donors (Lipinski definition) is 0. The average Bonchev–Trinajstić information content (AvgIpc) is 2.64. The minimum absolute atomic E-state index is 0.324. The molecule has 3 rings (SSSR count). The van der Waals surface area contributed by atoms with Crippen molar-refractivity contribution in [1.82, 2.24) is 4.57 Å². The van der Waals surface area contributed by atoms with Crippen LogP contribution in [0.1, 0.15) is 41.4 Å². The van der Waals surface area contributed by atoms with E-state index in [1.54, 1.807) is 0 Å². The molecule has 1 aromatic heterocycles. The summed E-state index contributed by atoms with van der Waals surface area (Å²) in [7, 11) is 2.07. The predicted octanol–water partition coefficient (Wildman–Crippen LogP) is 3.26. The summed E-state index contributed by atoms with van der Waals surface area (Å²) in [6.07, 6.45) is 3.76. The average molecular weight is 227 g/mol. The number of carbonyl (C=O) groups excluding carboxylic acids is 1. The molecule has 2 heteroatoms. The van der Waals surface area contributed by atoms with Crippen molar-refractivity contribution < 1.29 is 4.79 Å². The van der Waals surface area contributed by atoms with Gasteiger partial charge in [0.15, 0.2) is 5.78 Å². The summed E-state index contributed by atoms with van der Waals surface area (Å²) < 4.78 is 2.20. The molecule has 0 unspecified atom stereocenters. The second-order valence-corrected chi connectivity index (χ2v) is 4.86. The SMILES string of the molecule is CCc1ccc2c(c1)c1c(n2C)CCCC1=O. The van der Waals surface area contributed by atoms with Crippen LogP contribution in [0.25, 0.3) is 10.9 Å². The van der Waals surface area contributed by atoms with Crippen LogP contribution < -0.4 is 0 Å². The largest absolute Gasteiger partial charge is 0.347 e. The van der Waals surface area contributed by atoms with Crippen LogP contribution in [0.3, 0.4) is 0 Å². The van der Waals surface area contributed by atoms with E-state index in [1.165, 1.54) is 16.8 Å². The molecule has 0 N–H and O–H groups in total. The molecule has 0 atom stereocenters. The molecule has 0 saturated carbocycles. The van der Waals surface area contributed by atoms with Gasteiger partial charge in [0, 0.05) is 35.6 Å². The van der Waals surface area contributed by atoms with E-state index in [0.29, 0.717) is 12.2 Å². The molecule has 0 spiro atoms. The number of rotatable bonds is 1. The summed E-state index contributed by atoms with van der Waals surface area (Å²) in [6, 6.07) is 6.51. The van der Waals surface area contributed by atoms with Gasteiger partial charge in [-0.15, -0.1) is 0 Å². The van der Waals surface area contributed by atoms with Crippen molar-refractivity contribution in [3.63, 3.8) is 0 Å². The van der Waals surface area contributed by atoms with Gasteiger partial charge in [-0.1, -0.05) is 13.0 Å². The molecule has 1 aliphatic carbocycles. The van der Waals surface area contributed by atoms with Crippen molar-refractivity contribution in [1.29, 1.82) is 0 Å². The number of aryl methyl sites for hydroxylation is 2. The lowest BCUT2D eigenvalue weighted by molar-refractivity contribution is 0.0973. The number of Topliss-reactive ketones (excluding diaryl/α,β-unsaturated/α-hetero) is 1. The minimum Gasteiger partial charge on any atom is -0.347 e. The maximum Gasteiger partial charge on any atom is 0.165 e. The lowest BCUT2D eigenvalue weighted by Crippen LogP contribution is -2.11. The van der Waals surface area contributed by atoms with Crippen LogP contribution in [0, 0.1) is 0 Å². The van der Waals surface area contributed by atoms with Crippen molar-refractivity contribution in [2.45, 2.75) is 32.6 Å². The van der Waals surface area contributed by atoms with E-state index < -0.39 is 0 Å². The molecule has 0 fully saturated rings. The van der Waals surface area contributed by atoms with Crippen molar-refractivity contribution in [3.8, 4) is 0 Å². The van der Waals surface area contributed by atoms with E-state index in [2.05, 4.69) is 36.7 Å². The normalized spacial score (nSPS) is 15.3. The maximum atomic E-state index is 12.1. The van der Waals surface area contributed by atoms with Crippen LogP contribution in [-0.2, 0) is 19.9 Å². The fraction of sp³-hybridized carbons (Fsp3) is 0.400. The summed E-state index contributed by atoms with van der Waals surface area (Å²) in [5.41, 5.74) is 4.72. The quantitative estimate of drug-likeness (QED) is 0.733. The fourth-order valence-electron chi connectivity index (χ4n) is 2.91. The summed E-state index contributed by atoms with van der Waals surface area (Å²) >= 11 is 0. The van der Waals surface area contributed by atoms with E-state index in [-0.39, 0.29) is 0 Å². The van der Waals surface area contributed by atoms with Gasteiger partial charge < -0.3 is 4.57 Å². The van der Waals surface area contributed by atoms with Gasteiger partial charge in [0.2, 0.25) is 0 Å². The van der Waals surface area contributed by atoms with E-state index >= 15 is 0 Å². The van der Waals surface area contributed by atoms with Gasteiger partial charge in [0.1, 0.15) is 0 Å². The lowest BCUT2D eigenvalue weighted by Gasteiger charge is -2.12. The highest BCUT2D eigenvalue weighted by atomic mass is 16.1. The van der Waals surface area contributed by atoms with Crippen LogP contribution in [-0.4, -0.2) is 10.4 Å². The zero-order valence-electron chi connectivity index (χ0n) is 10.4. The monoisotopic (exact) mass is 227 g/mol. The Bertz CT molecular complexity index is 607. The molecule has 2 aromatic rings. The summed E-state index contributed by atoms with van der Waals surface area (Å²) in [5, 5.41) is 1.16. The zero-order chi connectivity index (χ0) is 12.0. The van der Waals surface area contributed by atoms with Crippen molar-refractivity contribution in [2.75, 3.05) is 0 Å². The highest BCUT2D eigenvalue weighted by Crippen LogP contribution is 2.31. The van der Waals surface area contributed by atoms with Gasteiger partial charge in [-0.05, 0) is 37.0 Å². The van der Waals surface area contributed by atoms with Crippen LogP contribution in [0.2, 0.25) is 0 Å². The lowest BCUT2D eigenvalue weighted by atomic mass is 9.93. The topological polar surface area (TPSA) is 22.0 Å². The molecule has 0 aliphatic heterocycles. The second-order valence-electron chi connectivity index (χ2n) is 4.86. The van der Waals surface area contributed by atoms with Gasteiger partial charge in [0.25, 0.3) is 0 Å². The minimum atomic E-state index is 0.324. The first kappa shape index (κ1) is 10.6. The number of carbonyl (C=O) groups is 1. The Morgan fingerprint density at radius 1 is 1.29 bits per heavy atom. The van der Waals surface area contributed by atoms with Crippen LogP contribution in [0.5, 0.6) is 0 Å². The molecule has 88 valence electrons. The van der Waals surface area contributed by atoms with E-state index in [1.807, 2.05) is 0 Å². The zero-order valence-corrected chi connectivity index (χ0v) is 10.4. The van der Waals surface area contributed by atoms with Gasteiger partial charge in [-0.25, -0.2) is 0 Å². The molecular weight excluding hydrogens is 210 g/mol. The Hall–Kier alpha value is -1.57. The van der Waals surface area contributed by atoms with Crippen LogP contribution in [0.15, 0.2) is 18.2 Å². The first-order chi connectivity index (χ1) is 8.22. The smallest absolute Gasteiger partial charge is 0.165 e. The summed E-state index contributed by atoms with van der Waals surface area (Å²) in [4.78, 5) is 12.1. The molecule has 2 nitrogen and oxygen atoms in total. The predicted molar refractivity (Wildman–Crippen MR) is 69.6 cm³/mol. The summed E-state index contributed by atoms with van der Waals surface area (Å²) in [6.45, 7) is 2.15. The number of hydrogen-bond acceptors (Lipinski definition) is 1. The Balaban J connectivity index is 2.38. The Morgan fingerprint density at radius 2 is 2.12 bits per heavy atom. The molecule has 0 bridgehead atoms. The fourth-order valence-corrected chi connectivity index (χ4v) is 2.91. The van der Waals surface area contributed by atoms with Crippen LogP contribution >= 0.6 is 0 Å². The Morgan fingerprint density at radius 3 is 2.88 bits per heavy atom. The molecule has 0 saturated heterocycles. The first-order valence-corrected chi connectivity index (χ1v) is 6.35. The third kappa shape index (κ3) is 1.43. The Labute approximate surface area is 101 Å². The highest BCUT2D eigenvalue weighted by Gasteiger charge is 2.24. The molecule has 1 aromatic carbocycles. The maximum absolute atomic E-state index is 12.1. The van der Waals surface area contributed by atoms with Gasteiger partial charge in [0.05, 0.1) is 0 Å². The third-order valence-electron chi connectivity index (χ3n) is 3.89. The van der Waals surface area contributed by atoms with E-state index in [0.717, 1.165) is 30.2 Å². The molecule has 0 radical (unpaired) electrons. The third-order valence-corrected chi connectivity index (χ3v) is 3.89. The number of aromatic nitrogens is 1. The van der Waals surface area contributed by atoms with Gasteiger partial charge in [-0.3, -0.25) is 4.79 Å². The highest BCUT2D eigenvalue weighted by molar-refractivity contribution is 6.10. The Kier molecular flexibility index (Phi) is 2.32.